The minimum absolute atomic E-state index is 0.0554. The lowest BCUT2D eigenvalue weighted by Gasteiger charge is -2.43. The van der Waals surface area contributed by atoms with E-state index in [0.717, 1.165) is 30.5 Å². The van der Waals surface area contributed by atoms with Gasteiger partial charge in [0.05, 0.1) is 5.69 Å². The molecule has 7 nitrogen and oxygen atoms in total. The van der Waals surface area contributed by atoms with E-state index in [4.69, 9.17) is 18.8 Å². The highest BCUT2D eigenvalue weighted by Gasteiger charge is 2.59. The molecular weight excluding hydrogens is 386 g/mol. The van der Waals surface area contributed by atoms with Crippen LogP contribution in [-0.4, -0.2) is 27.4 Å². The third kappa shape index (κ3) is 2.34. The van der Waals surface area contributed by atoms with E-state index in [9.17, 15) is 9.59 Å². The number of hydrogen-bond donors (Lipinski definition) is 1. The summed E-state index contributed by atoms with van der Waals surface area (Å²) in [5.41, 5.74) is 3.00. The maximum absolute atomic E-state index is 13.5. The Hall–Kier alpha value is -3.31. The number of carbonyl (C=O) groups excluding carboxylic acids is 2. The van der Waals surface area contributed by atoms with E-state index >= 15 is 0 Å². The Kier molecular flexibility index (Phi) is 3.73. The SMILES string of the molecule is [C-]#[N+]c1ncc(N2C(=O)C3(CCC3)N(c3ccc4c(c3)CNC4=O)C2=S)cc1C. The van der Waals surface area contributed by atoms with Crippen molar-refractivity contribution in [2.45, 2.75) is 38.3 Å². The van der Waals surface area contributed by atoms with Crippen LogP contribution in [0.2, 0.25) is 0 Å². The van der Waals surface area contributed by atoms with Gasteiger partial charge in [-0.3, -0.25) is 14.5 Å². The number of anilines is 2. The zero-order valence-corrected chi connectivity index (χ0v) is 16.5. The number of nitrogens with zero attached hydrogens (tertiary/aromatic N) is 4. The number of aryl methyl sites for hydroxylation is 1. The van der Waals surface area contributed by atoms with Crippen LogP contribution in [0.15, 0.2) is 30.5 Å². The average Bonchev–Trinajstić information content (AvgIpc) is 3.15. The number of aromatic nitrogens is 1. The molecular formula is C21H17N5O2S. The Labute approximate surface area is 173 Å². The van der Waals surface area contributed by atoms with Crippen LogP contribution in [0.5, 0.6) is 0 Å². The molecule has 1 saturated carbocycles. The van der Waals surface area contributed by atoms with Crippen molar-refractivity contribution in [1.29, 1.82) is 0 Å². The number of pyridine rings is 1. The van der Waals surface area contributed by atoms with E-state index < -0.39 is 5.54 Å². The monoisotopic (exact) mass is 403 g/mol. The van der Waals surface area contributed by atoms with Gasteiger partial charge < -0.3 is 15.1 Å². The van der Waals surface area contributed by atoms with Crippen molar-refractivity contribution in [3.05, 3.63) is 58.6 Å². The van der Waals surface area contributed by atoms with Crippen molar-refractivity contribution in [3.8, 4) is 0 Å². The van der Waals surface area contributed by atoms with Crippen LogP contribution in [0.4, 0.5) is 17.2 Å². The molecule has 29 heavy (non-hydrogen) atoms. The Morgan fingerprint density at radius 3 is 2.69 bits per heavy atom. The van der Waals surface area contributed by atoms with Crippen molar-refractivity contribution in [3.63, 3.8) is 0 Å². The molecule has 144 valence electrons. The molecule has 0 radical (unpaired) electrons. The summed E-state index contributed by atoms with van der Waals surface area (Å²) in [6.07, 6.45) is 3.94. The van der Waals surface area contributed by atoms with Crippen LogP contribution in [0.3, 0.4) is 0 Å². The molecule has 1 aromatic carbocycles. The number of carbonyl (C=O) groups is 2. The highest BCUT2D eigenvalue weighted by atomic mass is 32.1. The Bertz CT molecular complexity index is 1150. The molecule has 2 aliphatic heterocycles. The van der Waals surface area contributed by atoms with Gasteiger partial charge in [0.15, 0.2) is 5.11 Å². The molecule has 2 fully saturated rings. The smallest absolute Gasteiger partial charge is 0.272 e. The lowest BCUT2D eigenvalue weighted by atomic mass is 9.75. The fourth-order valence-electron chi connectivity index (χ4n) is 4.36. The van der Waals surface area contributed by atoms with Gasteiger partial charge in [-0.25, -0.2) is 0 Å². The van der Waals surface area contributed by atoms with E-state index in [2.05, 4.69) is 15.1 Å². The number of benzene rings is 1. The first-order chi connectivity index (χ1) is 14.0. The number of hydrogen-bond acceptors (Lipinski definition) is 4. The molecule has 1 N–H and O–H groups in total. The zero-order valence-electron chi connectivity index (χ0n) is 15.7. The summed E-state index contributed by atoms with van der Waals surface area (Å²) in [5, 5.41) is 3.23. The minimum Gasteiger partial charge on any atom is -0.360 e. The average molecular weight is 403 g/mol. The molecule has 8 heteroatoms. The Morgan fingerprint density at radius 2 is 2.03 bits per heavy atom. The Morgan fingerprint density at radius 1 is 1.24 bits per heavy atom. The first-order valence-electron chi connectivity index (χ1n) is 9.40. The van der Waals surface area contributed by atoms with Crippen molar-refractivity contribution in [1.82, 2.24) is 10.3 Å². The van der Waals surface area contributed by atoms with Crippen LogP contribution in [0, 0.1) is 13.5 Å². The van der Waals surface area contributed by atoms with Gasteiger partial charge in [0.25, 0.3) is 17.6 Å². The highest BCUT2D eigenvalue weighted by Crippen LogP contribution is 2.48. The van der Waals surface area contributed by atoms with E-state index in [-0.39, 0.29) is 11.8 Å². The Balaban J connectivity index is 1.59. The molecule has 2 amide bonds. The third-order valence-corrected chi connectivity index (χ3v) is 6.39. The number of thiocarbonyl (C=S) groups is 1. The molecule has 1 saturated heterocycles. The van der Waals surface area contributed by atoms with Crippen LogP contribution in [0.25, 0.3) is 4.85 Å². The zero-order chi connectivity index (χ0) is 20.3. The number of fused-ring (bicyclic) bond motifs is 1. The van der Waals surface area contributed by atoms with Crippen molar-refractivity contribution < 1.29 is 9.59 Å². The minimum atomic E-state index is -0.687. The normalized spacial score (nSPS) is 19.2. The van der Waals surface area contributed by atoms with Crippen molar-refractivity contribution in [2.24, 2.45) is 0 Å². The number of rotatable bonds is 2. The standard InChI is InChI=1S/C21H17N5O2S/c1-12-8-15(11-23-17(12)22-2)25-19(28)21(6-3-7-21)26(20(25)29)14-4-5-16-13(9-14)10-24-18(16)27/h4-5,8-9,11H,3,6-7,10H2,1H3,(H,24,27). The summed E-state index contributed by atoms with van der Waals surface area (Å²) in [4.78, 5) is 36.4. The van der Waals surface area contributed by atoms with Crippen molar-refractivity contribution in [2.75, 3.05) is 9.80 Å². The van der Waals surface area contributed by atoms with Crippen LogP contribution in [0.1, 0.15) is 40.7 Å². The summed E-state index contributed by atoms with van der Waals surface area (Å²) in [7, 11) is 0. The second-order valence-corrected chi connectivity index (χ2v) is 7.98. The van der Waals surface area contributed by atoms with E-state index in [1.165, 1.54) is 6.20 Å². The molecule has 0 unspecified atom stereocenters. The highest BCUT2D eigenvalue weighted by molar-refractivity contribution is 7.81. The van der Waals surface area contributed by atoms with Gasteiger partial charge in [0.2, 0.25) is 0 Å². The predicted molar refractivity (Wildman–Crippen MR) is 112 cm³/mol. The van der Waals surface area contributed by atoms with Gasteiger partial charge >= 0.3 is 0 Å². The molecule has 5 rings (SSSR count). The third-order valence-electron chi connectivity index (χ3n) is 6.02. The maximum Gasteiger partial charge on any atom is 0.272 e. The first-order valence-corrected chi connectivity index (χ1v) is 9.81. The quantitative estimate of drug-likeness (QED) is 0.616. The van der Waals surface area contributed by atoms with Gasteiger partial charge in [-0.15, -0.1) is 4.98 Å². The molecule has 0 bridgehead atoms. The number of amides is 2. The topological polar surface area (TPSA) is 69.9 Å². The maximum atomic E-state index is 13.5. The lowest BCUT2D eigenvalue weighted by Crippen LogP contribution is -2.55. The van der Waals surface area contributed by atoms with Crippen molar-refractivity contribution >= 4 is 46.3 Å². The van der Waals surface area contributed by atoms with E-state index in [1.807, 2.05) is 17.0 Å². The second kappa shape index (κ2) is 6.09. The van der Waals surface area contributed by atoms with E-state index in [0.29, 0.717) is 34.3 Å². The van der Waals surface area contributed by atoms with Gasteiger partial charge in [0.1, 0.15) is 11.7 Å². The molecule has 1 spiro atoms. The summed E-state index contributed by atoms with van der Waals surface area (Å²) in [6.45, 7) is 9.47. The van der Waals surface area contributed by atoms with Gasteiger partial charge in [-0.05, 0) is 73.8 Å². The van der Waals surface area contributed by atoms with Crippen LogP contribution >= 0.6 is 12.2 Å². The molecule has 1 aromatic heterocycles. The van der Waals surface area contributed by atoms with Crippen LogP contribution in [-0.2, 0) is 11.3 Å². The summed E-state index contributed by atoms with van der Waals surface area (Å²) in [5.74, 6) is 0.186. The van der Waals surface area contributed by atoms with E-state index in [1.54, 1.807) is 24.0 Å². The molecule has 3 heterocycles. The second-order valence-electron chi connectivity index (χ2n) is 7.61. The number of nitrogens with one attached hydrogen (secondary N) is 1. The summed E-state index contributed by atoms with van der Waals surface area (Å²) < 4.78 is 0. The molecule has 1 aliphatic carbocycles. The molecule has 2 aromatic rings. The van der Waals surface area contributed by atoms with Gasteiger partial charge in [-0.2, -0.15) is 0 Å². The predicted octanol–water partition coefficient (Wildman–Crippen LogP) is 3.25. The summed E-state index contributed by atoms with van der Waals surface area (Å²) in [6, 6.07) is 7.39. The molecule has 3 aliphatic rings. The fraction of sp³-hybridized carbons (Fsp3) is 0.286. The summed E-state index contributed by atoms with van der Waals surface area (Å²) >= 11 is 5.77. The first kappa shape index (κ1) is 17.8. The fourth-order valence-corrected chi connectivity index (χ4v) is 4.83. The van der Waals surface area contributed by atoms with Gasteiger partial charge in [-0.1, -0.05) is 6.57 Å². The van der Waals surface area contributed by atoms with Gasteiger partial charge in [0, 0.05) is 17.8 Å². The molecule has 0 atom stereocenters. The van der Waals surface area contributed by atoms with Crippen LogP contribution < -0.4 is 15.1 Å². The largest absolute Gasteiger partial charge is 0.360 e. The lowest BCUT2D eigenvalue weighted by molar-refractivity contribution is -0.123.